The lowest BCUT2D eigenvalue weighted by atomic mass is 10.2. The summed E-state index contributed by atoms with van der Waals surface area (Å²) in [6.07, 6.45) is 0.954. The molecule has 1 rings (SSSR count). The fraction of sp³-hybridized carbons (Fsp3) is 0.889. The van der Waals surface area contributed by atoms with Crippen molar-refractivity contribution in [3.63, 3.8) is 0 Å². The molecule has 1 heterocycles. The lowest BCUT2D eigenvalue weighted by Crippen LogP contribution is -2.46. The van der Waals surface area contributed by atoms with Crippen LogP contribution in [0.25, 0.3) is 0 Å². The number of nitrogens with zero attached hydrogens (tertiary/aromatic N) is 1. The van der Waals surface area contributed by atoms with E-state index in [0.29, 0.717) is 6.42 Å². The van der Waals surface area contributed by atoms with Gasteiger partial charge in [-0.05, 0) is 13.8 Å². The van der Waals surface area contributed by atoms with Gasteiger partial charge < -0.3 is 4.74 Å². The second-order valence-electron chi connectivity index (χ2n) is 3.83. The molecule has 0 bridgehead atoms. The van der Waals surface area contributed by atoms with Crippen LogP contribution >= 0.6 is 0 Å². The number of hydrogen-bond donors (Lipinski definition) is 2. The third-order valence-corrected chi connectivity index (χ3v) is 2.31. The predicted molar refractivity (Wildman–Crippen MR) is 53.4 cm³/mol. The molecule has 3 N–H and O–H groups in total. The average molecular weight is 201 g/mol. The van der Waals surface area contributed by atoms with Crippen LogP contribution in [0, 0.1) is 0 Å². The van der Waals surface area contributed by atoms with Crippen molar-refractivity contribution in [2.24, 2.45) is 5.84 Å². The number of carbonyl (C=O) groups excluding carboxylic acids is 1. The first-order valence-electron chi connectivity index (χ1n) is 4.99. The monoisotopic (exact) mass is 201 g/mol. The molecule has 5 heteroatoms. The molecule has 0 spiro atoms. The Labute approximate surface area is 84.5 Å². The van der Waals surface area contributed by atoms with E-state index in [-0.39, 0.29) is 18.1 Å². The summed E-state index contributed by atoms with van der Waals surface area (Å²) >= 11 is 0. The molecule has 0 radical (unpaired) electrons. The fourth-order valence-corrected chi connectivity index (χ4v) is 1.80. The Morgan fingerprint density at radius 2 is 2.07 bits per heavy atom. The molecule has 1 fully saturated rings. The number of ether oxygens (including phenoxy) is 1. The molecule has 1 aliphatic rings. The van der Waals surface area contributed by atoms with Gasteiger partial charge in [0.15, 0.2) is 0 Å². The van der Waals surface area contributed by atoms with Gasteiger partial charge in [-0.15, -0.1) is 0 Å². The van der Waals surface area contributed by atoms with Crippen LogP contribution in [0.15, 0.2) is 0 Å². The summed E-state index contributed by atoms with van der Waals surface area (Å²) in [6, 6.07) is 0. The van der Waals surface area contributed by atoms with Gasteiger partial charge in [0.2, 0.25) is 5.91 Å². The van der Waals surface area contributed by atoms with E-state index in [2.05, 4.69) is 10.3 Å². The zero-order valence-corrected chi connectivity index (χ0v) is 8.82. The van der Waals surface area contributed by atoms with Crippen LogP contribution in [0.4, 0.5) is 0 Å². The molecule has 1 aliphatic heterocycles. The number of nitrogens with one attached hydrogen (secondary N) is 1. The highest BCUT2D eigenvalue weighted by molar-refractivity contribution is 5.75. The fourth-order valence-electron chi connectivity index (χ4n) is 1.80. The van der Waals surface area contributed by atoms with E-state index in [1.54, 1.807) is 0 Å². The van der Waals surface area contributed by atoms with Crippen LogP contribution in [0.1, 0.15) is 20.3 Å². The predicted octanol–water partition coefficient (Wildman–Crippen LogP) is -0.524. The first-order chi connectivity index (χ1) is 6.61. The number of hydrazine groups is 1. The van der Waals surface area contributed by atoms with Crippen molar-refractivity contribution >= 4 is 5.91 Å². The van der Waals surface area contributed by atoms with Crippen molar-refractivity contribution in [3.05, 3.63) is 0 Å². The number of nitrogens with two attached hydrogens (primary N) is 1. The molecule has 0 unspecified atom stereocenters. The van der Waals surface area contributed by atoms with E-state index >= 15 is 0 Å². The topological polar surface area (TPSA) is 67.6 Å². The molecule has 82 valence electrons. The smallest absolute Gasteiger partial charge is 0.235 e. The highest BCUT2D eigenvalue weighted by Crippen LogP contribution is 2.10. The second kappa shape index (κ2) is 5.29. The minimum absolute atomic E-state index is 0.114. The van der Waals surface area contributed by atoms with Crippen LogP contribution in [-0.4, -0.2) is 42.6 Å². The molecule has 0 aromatic rings. The van der Waals surface area contributed by atoms with Crippen molar-refractivity contribution in [1.82, 2.24) is 10.3 Å². The first kappa shape index (κ1) is 11.4. The number of rotatable bonds is 3. The Morgan fingerprint density at radius 3 is 2.57 bits per heavy atom. The van der Waals surface area contributed by atoms with Gasteiger partial charge in [-0.3, -0.25) is 15.1 Å². The van der Waals surface area contributed by atoms with E-state index in [1.165, 1.54) is 0 Å². The maximum absolute atomic E-state index is 10.9. The molecule has 14 heavy (non-hydrogen) atoms. The number of amides is 1. The van der Waals surface area contributed by atoms with Gasteiger partial charge in [0.05, 0.1) is 12.2 Å². The van der Waals surface area contributed by atoms with Crippen LogP contribution in [-0.2, 0) is 9.53 Å². The minimum Gasteiger partial charge on any atom is -0.373 e. The summed E-state index contributed by atoms with van der Waals surface area (Å²) in [4.78, 5) is 13.2. The van der Waals surface area contributed by atoms with Crippen molar-refractivity contribution < 1.29 is 9.53 Å². The molecular formula is C9H19N3O2. The van der Waals surface area contributed by atoms with Gasteiger partial charge in [-0.25, -0.2) is 5.84 Å². The van der Waals surface area contributed by atoms with E-state index < -0.39 is 0 Å². The molecule has 0 aromatic heterocycles. The summed E-state index contributed by atoms with van der Waals surface area (Å²) < 4.78 is 5.58. The van der Waals surface area contributed by atoms with Crippen molar-refractivity contribution in [2.45, 2.75) is 32.5 Å². The highest BCUT2D eigenvalue weighted by atomic mass is 16.5. The lowest BCUT2D eigenvalue weighted by molar-refractivity contribution is -0.122. The van der Waals surface area contributed by atoms with Gasteiger partial charge in [0.25, 0.3) is 0 Å². The van der Waals surface area contributed by atoms with Crippen LogP contribution in [0.2, 0.25) is 0 Å². The summed E-state index contributed by atoms with van der Waals surface area (Å²) in [6.45, 7) is 6.63. The highest BCUT2D eigenvalue weighted by Gasteiger charge is 2.21. The van der Waals surface area contributed by atoms with E-state index in [0.717, 1.165) is 19.6 Å². The Morgan fingerprint density at radius 1 is 1.50 bits per heavy atom. The van der Waals surface area contributed by atoms with Crippen molar-refractivity contribution in [3.8, 4) is 0 Å². The van der Waals surface area contributed by atoms with Crippen LogP contribution < -0.4 is 11.3 Å². The molecule has 0 aromatic carbocycles. The molecule has 2 atom stereocenters. The summed E-state index contributed by atoms with van der Waals surface area (Å²) in [5, 5.41) is 0. The number of morpholine rings is 1. The Bertz CT molecular complexity index is 188. The van der Waals surface area contributed by atoms with E-state index in [4.69, 9.17) is 10.6 Å². The molecule has 1 amide bonds. The summed E-state index contributed by atoms with van der Waals surface area (Å²) in [5.41, 5.74) is 2.13. The maximum Gasteiger partial charge on any atom is 0.235 e. The number of carbonyl (C=O) groups is 1. The molecular weight excluding hydrogens is 182 g/mol. The number of hydrogen-bond acceptors (Lipinski definition) is 4. The Balaban J connectivity index is 2.26. The van der Waals surface area contributed by atoms with Gasteiger partial charge in [0.1, 0.15) is 0 Å². The zero-order valence-electron chi connectivity index (χ0n) is 8.82. The first-order valence-corrected chi connectivity index (χ1v) is 4.99. The van der Waals surface area contributed by atoms with Crippen LogP contribution in [0.3, 0.4) is 0 Å². The molecule has 0 saturated carbocycles. The van der Waals surface area contributed by atoms with Crippen LogP contribution in [0.5, 0.6) is 0 Å². The zero-order chi connectivity index (χ0) is 10.6. The quantitative estimate of drug-likeness (QED) is 0.366. The molecule has 0 aliphatic carbocycles. The van der Waals surface area contributed by atoms with E-state index in [9.17, 15) is 4.79 Å². The Kier molecular flexibility index (Phi) is 4.31. The average Bonchev–Trinajstić information content (AvgIpc) is 2.12. The second-order valence-corrected chi connectivity index (χ2v) is 3.83. The maximum atomic E-state index is 10.9. The van der Waals surface area contributed by atoms with E-state index in [1.807, 2.05) is 13.8 Å². The van der Waals surface area contributed by atoms with Gasteiger partial charge in [0, 0.05) is 26.1 Å². The molecule has 5 nitrogen and oxygen atoms in total. The molecule has 1 saturated heterocycles. The third-order valence-electron chi connectivity index (χ3n) is 2.31. The SMILES string of the molecule is C[C@H]1CN(CCC(=O)NN)C[C@H](C)O1. The Hall–Kier alpha value is -0.650. The summed E-state index contributed by atoms with van der Waals surface area (Å²) in [5.74, 6) is 4.89. The standard InChI is InChI=1S/C9H19N3O2/c1-7-5-12(6-8(2)14-7)4-3-9(13)11-10/h7-8H,3-6,10H2,1-2H3,(H,11,13)/t7-,8-/m0/s1. The van der Waals surface area contributed by atoms with Gasteiger partial charge in [-0.1, -0.05) is 0 Å². The summed E-state index contributed by atoms with van der Waals surface area (Å²) in [7, 11) is 0. The lowest BCUT2D eigenvalue weighted by Gasteiger charge is -2.35. The van der Waals surface area contributed by atoms with Gasteiger partial charge in [-0.2, -0.15) is 0 Å². The van der Waals surface area contributed by atoms with Crippen molar-refractivity contribution in [1.29, 1.82) is 0 Å². The largest absolute Gasteiger partial charge is 0.373 e. The normalized spacial score (nSPS) is 28.8. The third kappa shape index (κ3) is 3.61. The van der Waals surface area contributed by atoms with Crippen molar-refractivity contribution in [2.75, 3.05) is 19.6 Å². The van der Waals surface area contributed by atoms with Gasteiger partial charge >= 0.3 is 0 Å². The minimum atomic E-state index is -0.114.